The number of hydrogen-bond donors (Lipinski definition) is 4. The normalized spacial score (nSPS) is 10.2. The van der Waals surface area contributed by atoms with E-state index in [-0.39, 0.29) is 31.0 Å². The summed E-state index contributed by atoms with van der Waals surface area (Å²) in [5.74, 6) is -6.60. The average molecular weight is 274 g/mol. The third kappa shape index (κ3) is 6.55. The fourth-order valence-corrected chi connectivity index (χ4v) is 1.07. The van der Waals surface area contributed by atoms with Crippen molar-refractivity contribution in [2.24, 2.45) is 0 Å². The van der Waals surface area contributed by atoms with E-state index in [0.717, 1.165) is 0 Å². The summed E-state index contributed by atoms with van der Waals surface area (Å²) in [5, 5.41) is 34.1. The summed E-state index contributed by atoms with van der Waals surface area (Å²) in [7, 11) is 0. The molecule has 0 saturated heterocycles. The molecule has 0 saturated carbocycles. The fraction of sp³-hybridized carbons (Fsp3) is 0.500. The van der Waals surface area contributed by atoms with E-state index in [1.807, 2.05) is 0 Å². The number of carbonyl (C=O) groups is 4. The van der Waals surface area contributed by atoms with Crippen LogP contribution in [0.5, 0.6) is 0 Å². The SMILES string of the molecule is O=C(O)COC(CC(=O)O)(CC(=O)O)C(=O)O.[H-].[Na+]. The van der Waals surface area contributed by atoms with Crippen LogP contribution in [0.15, 0.2) is 0 Å². The molecule has 0 bridgehead atoms. The molecule has 10 heteroatoms. The molecule has 0 amide bonds. The van der Waals surface area contributed by atoms with E-state index in [1.54, 1.807) is 0 Å². The Morgan fingerprint density at radius 3 is 1.50 bits per heavy atom. The van der Waals surface area contributed by atoms with Gasteiger partial charge in [0.15, 0.2) is 5.60 Å². The monoisotopic (exact) mass is 274 g/mol. The van der Waals surface area contributed by atoms with Gasteiger partial charge in [-0.25, -0.2) is 9.59 Å². The summed E-state index contributed by atoms with van der Waals surface area (Å²) in [5.41, 5.74) is -2.59. The maximum atomic E-state index is 10.9. The Hall–Kier alpha value is -1.16. The number of aliphatic carboxylic acids is 4. The zero-order valence-corrected chi connectivity index (χ0v) is 11.5. The molecule has 0 aliphatic rings. The summed E-state index contributed by atoms with van der Waals surface area (Å²) in [6.45, 7) is -1.10. The molecule has 0 rings (SSSR count). The first-order valence-electron chi connectivity index (χ1n) is 4.22. The van der Waals surface area contributed by atoms with Crippen molar-refractivity contribution >= 4 is 23.9 Å². The molecule has 0 aromatic carbocycles. The van der Waals surface area contributed by atoms with E-state index in [4.69, 9.17) is 20.4 Å². The second-order valence-electron chi connectivity index (χ2n) is 3.12. The summed E-state index contributed by atoms with van der Waals surface area (Å²) < 4.78 is 4.41. The maximum absolute atomic E-state index is 10.9. The van der Waals surface area contributed by atoms with Crippen LogP contribution in [0.3, 0.4) is 0 Å². The average Bonchev–Trinajstić information content (AvgIpc) is 2.11. The van der Waals surface area contributed by atoms with E-state index in [2.05, 4.69) is 4.74 Å². The summed E-state index contributed by atoms with van der Waals surface area (Å²) in [6, 6.07) is 0. The van der Waals surface area contributed by atoms with Crippen LogP contribution in [0.25, 0.3) is 0 Å². The smallest absolute Gasteiger partial charge is 1.00 e. The van der Waals surface area contributed by atoms with Gasteiger partial charge in [0, 0.05) is 0 Å². The summed E-state index contributed by atoms with van der Waals surface area (Å²) >= 11 is 0. The van der Waals surface area contributed by atoms with Crippen LogP contribution < -0.4 is 29.6 Å². The van der Waals surface area contributed by atoms with Crippen LogP contribution >= 0.6 is 0 Å². The van der Waals surface area contributed by atoms with Crippen LogP contribution in [0.1, 0.15) is 14.3 Å². The molecule has 4 N–H and O–H groups in total. The van der Waals surface area contributed by atoms with Gasteiger partial charge in [-0.1, -0.05) is 0 Å². The molecular weight excluding hydrogens is 263 g/mol. The molecule has 0 atom stereocenters. The second-order valence-corrected chi connectivity index (χ2v) is 3.12. The van der Waals surface area contributed by atoms with Gasteiger partial charge in [0.25, 0.3) is 0 Å². The quantitative estimate of drug-likeness (QED) is 0.323. The molecular formula is C8H11NaO9. The number of carboxylic acids is 4. The molecule has 0 fully saturated rings. The van der Waals surface area contributed by atoms with Crippen LogP contribution in [-0.4, -0.2) is 56.5 Å². The molecule has 18 heavy (non-hydrogen) atoms. The van der Waals surface area contributed by atoms with Gasteiger partial charge in [0.1, 0.15) is 6.61 Å². The van der Waals surface area contributed by atoms with Gasteiger partial charge in [-0.05, 0) is 0 Å². The minimum atomic E-state index is -2.59. The predicted molar refractivity (Wildman–Crippen MR) is 49.6 cm³/mol. The van der Waals surface area contributed by atoms with Crippen molar-refractivity contribution in [2.45, 2.75) is 18.4 Å². The van der Waals surface area contributed by atoms with Gasteiger partial charge in [0.2, 0.25) is 0 Å². The molecule has 9 nitrogen and oxygen atoms in total. The maximum Gasteiger partial charge on any atom is 1.00 e. The van der Waals surface area contributed by atoms with Crippen molar-refractivity contribution in [2.75, 3.05) is 6.61 Å². The Kier molecular flexibility index (Phi) is 8.56. The van der Waals surface area contributed by atoms with E-state index >= 15 is 0 Å². The van der Waals surface area contributed by atoms with Crippen molar-refractivity contribution in [3.05, 3.63) is 0 Å². The minimum Gasteiger partial charge on any atom is -1.00 e. The first-order chi connectivity index (χ1) is 7.69. The van der Waals surface area contributed by atoms with Gasteiger partial charge in [-0.15, -0.1) is 0 Å². The zero-order valence-electron chi connectivity index (χ0n) is 10.5. The van der Waals surface area contributed by atoms with Crippen LogP contribution in [0.2, 0.25) is 0 Å². The standard InChI is InChI=1S/C8H10O9.Na.H/c9-4(10)1-8(7(15)16,2-5(11)12)17-3-6(13)14;;/h1-3H2,(H,9,10)(H,11,12)(H,13,14)(H,15,16);;/q;+1;-1. The van der Waals surface area contributed by atoms with Crippen LogP contribution in [0, 0.1) is 0 Å². The first kappa shape index (κ1) is 19.2. The number of carboxylic acid groups (broad SMARTS) is 4. The molecule has 0 aromatic heterocycles. The van der Waals surface area contributed by atoms with Crippen molar-refractivity contribution < 1.29 is 75.3 Å². The Morgan fingerprint density at radius 2 is 1.28 bits per heavy atom. The van der Waals surface area contributed by atoms with Gasteiger partial charge < -0.3 is 26.6 Å². The van der Waals surface area contributed by atoms with Gasteiger partial charge in [-0.2, -0.15) is 0 Å². The molecule has 0 spiro atoms. The fourth-order valence-electron chi connectivity index (χ4n) is 1.07. The van der Waals surface area contributed by atoms with Crippen LogP contribution in [0.4, 0.5) is 0 Å². The van der Waals surface area contributed by atoms with Gasteiger partial charge in [-0.3, -0.25) is 9.59 Å². The Labute approximate surface area is 124 Å². The number of rotatable bonds is 8. The van der Waals surface area contributed by atoms with E-state index in [9.17, 15) is 19.2 Å². The Morgan fingerprint density at radius 1 is 0.889 bits per heavy atom. The first-order valence-corrected chi connectivity index (χ1v) is 4.22. The van der Waals surface area contributed by atoms with Gasteiger partial charge in [0.05, 0.1) is 12.8 Å². The van der Waals surface area contributed by atoms with E-state index in [1.165, 1.54) is 0 Å². The van der Waals surface area contributed by atoms with Crippen molar-refractivity contribution in [1.29, 1.82) is 0 Å². The Bertz CT molecular complexity index is 340. The van der Waals surface area contributed by atoms with Gasteiger partial charge >= 0.3 is 53.4 Å². The van der Waals surface area contributed by atoms with Crippen molar-refractivity contribution in [1.82, 2.24) is 0 Å². The third-order valence-corrected chi connectivity index (χ3v) is 1.74. The molecule has 98 valence electrons. The Balaban J connectivity index is -0.00000128. The predicted octanol–water partition coefficient (Wildman–Crippen LogP) is -4.02. The summed E-state index contributed by atoms with van der Waals surface area (Å²) in [6.07, 6.45) is -2.30. The number of ether oxygens (including phenoxy) is 1. The van der Waals surface area contributed by atoms with E-state index in [0.29, 0.717) is 0 Å². The van der Waals surface area contributed by atoms with Crippen molar-refractivity contribution in [3.63, 3.8) is 0 Å². The largest absolute Gasteiger partial charge is 1.00 e. The summed E-state index contributed by atoms with van der Waals surface area (Å²) in [4.78, 5) is 42.0. The molecule has 0 radical (unpaired) electrons. The minimum absolute atomic E-state index is 0. The second kappa shape index (κ2) is 8.03. The zero-order chi connectivity index (χ0) is 13.6. The third-order valence-electron chi connectivity index (χ3n) is 1.74. The molecule has 0 aliphatic carbocycles. The van der Waals surface area contributed by atoms with Crippen LogP contribution in [-0.2, 0) is 23.9 Å². The number of hydrogen-bond acceptors (Lipinski definition) is 5. The molecule has 0 heterocycles. The van der Waals surface area contributed by atoms with E-state index < -0.39 is 48.9 Å². The molecule has 0 aliphatic heterocycles. The molecule has 0 aromatic rings. The van der Waals surface area contributed by atoms with Crippen molar-refractivity contribution in [3.8, 4) is 0 Å². The topological polar surface area (TPSA) is 158 Å². The molecule has 0 unspecified atom stereocenters.